The van der Waals surface area contributed by atoms with Gasteiger partial charge in [0.15, 0.2) is 0 Å². The Kier molecular flexibility index (Phi) is 42.3. The third kappa shape index (κ3) is 532. The quantitative estimate of drug-likeness (QED) is 0.400. The van der Waals surface area contributed by atoms with Gasteiger partial charge in [0.2, 0.25) is 0 Å². The van der Waals surface area contributed by atoms with E-state index in [0.29, 0.717) is 0 Å². The van der Waals surface area contributed by atoms with E-state index in [-0.39, 0.29) is 53.1 Å². The molecular weight excluding hydrogens is 162 g/mol. The molecule has 0 aromatic heterocycles. The Bertz CT molecular complexity index is 28.5. The number of rotatable bonds is 0. The second kappa shape index (κ2) is 11.7. The van der Waals surface area contributed by atoms with Crippen LogP contribution in [0.15, 0.2) is 0 Å². The van der Waals surface area contributed by atoms with E-state index in [0.717, 1.165) is 0 Å². The Hall–Kier alpha value is 0.891. The fourth-order valence-corrected chi connectivity index (χ4v) is 0. The summed E-state index contributed by atoms with van der Waals surface area (Å²) >= 11 is 0. The summed E-state index contributed by atoms with van der Waals surface area (Å²) < 4.78 is 0. The maximum atomic E-state index is 6.94. The van der Waals surface area contributed by atoms with Crippen molar-refractivity contribution in [1.82, 2.24) is 0 Å². The fraction of sp³-hybridized carbons (Fsp3) is 0.667. The van der Waals surface area contributed by atoms with Crippen LogP contribution in [0.5, 0.6) is 0 Å². The van der Waals surface area contributed by atoms with E-state index in [1.54, 1.807) is 0 Å². The monoisotopic (exact) mass is 181 g/mol. The van der Waals surface area contributed by atoms with E-state index in [2.05, 4.69) is 0 Å². The summed E-state index contributed by atoms with van der Waals surface area (Å²) in [6.07, 6.45) is 0. The molecule has 0 heterocycles. The Morgan fingerprint density at radius 3 is 1.00 bits per heavy atom. The van der Waals surface area contributed by atoms with Crippen LogP contribution in [0.2, 0.25) is 0 Å². The summed E-state index contributed by atoms with van der Waals surface area (Å²) in [5.74, 6) is 0. The summed E-state index contributed by atoms with van der Waals surface area (Å²) in [5.41, 5.74) is 6.69. The summed E-state index contributed by atoms with van der Waals surface area (Å²) in [6, 6.07) is 0. The molecule has 0 bridgehead atoms. The van der Waals surface area contributed by atoms with Crippen molar-refractivity contribution in [3.05, 3.63) is 20.6 Å². The molecule has 0 spiro atoms. The molecule has 0 aromatic carbocycles. The molecule has 0 saturated heterocycles. The molecule has 0 fully saturated rings. The van der Waals surface area contributed by atoms with Gasteiger partial charge < -0.3 is 20.6 Å². The van der Waals surface area contributed by atoms with Crippen LogP contribution in [0.25, 0.3) is 5.73 Å². The Morgan fingerprint density at radius 1 is 1.00 bits per heavy atom. The standard InChI is InChI=1S/C4H10N.2CH3.H3Si.Ti/c1-4(2,3)5;;;;/h5H,1-3H3;3*1H3;/q3*-1;;+3. The zero-order chi connectivity index (χ0) is 4.50. The Morgan fingerprint density at radius 2 is 1.00 bits per heavy atom. The minimum absolute atomic E-state index is 0. The van der Waals surface area contributed by atoms with E-state index < -0.39 is 0 Å². The van der Waals surface area contributed by atoms with Gasteiger partial charge in [-0.2, -0.15) is 0 Å². The van der Waals surface area contributed by atoms with Crippen LogP contribution in [-0.4, -0.2) is 16.5 Å². The van der Waals surface area contributed by atoms with Crippen molar-refractivity contribution in [2.45, 2.75) is 26.3 Å². The SMILES string of the molecule is CC(C)(C)[NH-].[CH3-].[CH3-].[SiH3].[Ti+3]. The molecule has 0 amide bonds. The van der Waals surface area contributed by atoms with Crippen LogP contribution >= 0.6 is 0 Å². The van der Waals surface area contributed by atoms with E-state index >= 15 is 0 Å². The molecular formula is C6H19NSiTi. The van der Waals surface area contributed by atoms with Gasteiger partial charge in [0, 0.05) is 0 Å². The van der Waals surface area contributed by atoms with E-state index in [9.17, 15) is 0 Å². The smallest absolute Gasteiger partial charge is 0.673 e. The van der Waals surface area contributed by atoms with Crippen molar-refractivity contribution in [2.24, 2.45) is 0 Å². The van der Waals surface area contributed by atoms with Crippen molar-refractivity contribution in [3.63, 3.8) is 0 Å². The van der Waals surface area contributed by atoms with Gasteiger partial charge in [-0.3, -0.25) is 0 Å². The van der Waals surface area contributed by atoms with Crippen LogP contribution in [-0.2, 0) is 21.7 Å². The third-order valence-corrected chi connectivity index (χ3v) is 0. The van der Waals surface area contributed by atoms with Crippen molar-refractivity contribution in [1.29, 1.82) is 0 Å². The average molecular weight is 181 g/mol. The zero-order valence-electron chi connectivity index (χ0n) is 7.50. The van der Waals surface area contributed by atoms with Crippen LogP contribution in [0.3, 0.4) is 0 Å². The molecule has 0 unspecified atom stereocenters. The van der Waals surface area contributed by atoms with Crippen LogP contribution < -0.4 is 0 Å². The number of hydrogen-bond donors (Lipinski definition) is 0. The molecule has 56 valence electrons. The summed E-state index contributed by atoms with van der Waals surface area (Å²) in [6.45, 7) is 5.56. The fourth-order valence-electron chi connectivity index (χ4n) is 0. The second-order valence-corrected chi connectivity index (χ2v) is 2.25. The average Bonchev–Trinajstić information content (AvgIpc) is 0.722. The van der Waals surface area contributed by atoms with Gasteiger partial charge in [-0.1, -0.05) is 20.8 Å². The Labute approximate surface area is 79.7 Å². The maximum absolute atomic E-state index is 6.94. The van der Waals surface area contributed by atoms with Gasteiger partial charge in [0.1, 0.15) is 0 Å². The van der Waals surface area contributed by atoms with Crippen molar-refractivity contribution in [3.8, 4) is 0 Å². The molecule has 9 heavy (non-hydrogen) atoms. The molecule has 1 N–H and O–H groups in total. The van der Waals surface area contributed by atoms with E-state index in [1.807, 2.05) is 20.8 Å². The molecule has 0 rings (SSSR count). The van der Waals surface area contributed by atoms with Gasteiger partial charge in [-0.05, 0) is 11.0 Å². The predicted octanol–water partition coefficient (Wildman–Crippen LogP) is 1.55. The van der Waals surface area contributed by atoms with Gasteiger partial charge in [0.25, 0.3) is 0 Å². The summed E-state index contributed by atoms with van der Waals surface area (Å²) in [5, 5.41) is 0. The molecule has 1 nitrogen and oxygen atoms in total. The first-order chi connectivity index (χ1) is 2.00. The molecule has 0 atom stereocenters. The summed E-state index contributed by atoms with van der Waals surface area (Å²) in [4.78, 5) is 0. The molecule has 2 radical (unpaired) electrons. The minimum atomic E-state index is -0.250. The number of hydrogen-bond acceptors (Lipinski definition) is 0. The van der Waals surface area contributed by atoms with Gasteiger partial charge in [0.05, 0.1) is 0 Å². The molecule has 0 aliphatic rings. The molecule has 3 heteroatoms. The first-order valence-corrected chi connectivity index (χ1v) is 1.75. The van der Waals surface area contributed by atoms with Crippen LogP contribution in [0.1, 0.15) is 20.8 Å². The van der Waals surface area contributed by atoms with Crippen molar-refractivity contribution in [2.75, 3.05) is 0 Å². The topological polar surface area (TPSA) is 23.8 Å². The third-order valence-electron chi connectivity index (χ3n) is 0. The zero-order valence-corrected chi connectivity index (χ0v) is 11.1. The molecule has 0 saturated carbocycles. The second-order valence-electron chi connectivity index (χ2n) is 2.25. The molecule has 0 aliphatic heterocycles. The molecule has 0 aromatic rings. The van der Waals surface area contributed by atoms with Crippen molar-refractivity contribution < 1.29 is 21.7 Å². The van der Waals surface area contributed by atoms with E-state index in [4.69, 9.17) is 5.73 Å². The first kappa shape index (κ1) is 32.7. The van der Waals surface area contributed by atoms with E-state index in [1.165, 1.54) is 0 Å². The summed E-state index contributed by atoms with van der Waals surface area (Å²) in [7, 11) is 0. The van der Waals surface area contributed by atoms with Crippen LogP contribution in [0.4, 0.5) is 0 Å². The largest absolute Gasteiger partial charge is 3.00 e. The van der Waals surface area contributed by atoms with Gasteiger partial charge >= 0.3 is 21.7 Å². The predicted molar refractivity (Wildman–Crippen MR) is 46.8 cm³/mol. The number of nitrogens with one attached hydrogen (secondary N) is 1. The van der Waals surface area contributed by atoms with Crippen LogP contribution in [0, 0.1) is 14.9 Å². The Balaban J connectivity index is -0.0000000133. The normalized spacial score (nSPS) is 6.67. The van der Waals surface area contributed by atoms with Gasteiger partial charge in [-0.15, -0.1) is 5.54 Å². The molecule has 0 aliphatic carbocycles. The first-order valence-electron chi connectivity index (χ1n) is 1.75. The minimum Gasteiger partial charge on any atom is -0.673 e. The maximum Gasteiger partial charge on any atom is 3.00 e. The van der Waals surface area contributed by atoms with Gasteiger partial charge in [-0.25, -0.2) is 0 Å². The van der Waals surface area contributed by atoms with Crippen molar-refractivity contribution >= 4 is 11.0 Å².